The maximum absolute atomic E-state index is 12.3. The van der Waals surface area contributed by atoms with Crippen LogP contribution in [0.2, 0.25) is 0 Å². The molecule has 1 aromatic heterocycles. The van der Waals surface area contributed by atoms with Crippen molar-refractivity contribution in [1.29, 1.82) is 0 Å². The number of ether oxygens (including phenoxy) is 1. The lowest BCUT2D eigenvalue weighted by molar-refractivity contribution is 0.0686. The molecule has 0 amide bonds. The molecule has 0 spiro atoms. The molecule has 0 radical (unpaired) electrons. The largest absolute Gasteiger partial charge is 0.476 e. The Bertz CT molecular complexity index is 604. The Morgan fingerprint density at radius 3 is 2.85 bits per heavy atom. The number of aryl methyl sites for hydroxylation is 1. The summed E-state index contributed by atoms with van der Waals surface area (Å²) >= 11 is 0. The fourth-order valence-electron chi connectivity index (χ4n) is 2.24. The van der Waals surface area contributed by atoms with Gasteiger partial charge in [0.25, 0.3) is 0 Å². The highest BCUT2D eigenvalue weighted by atomic mass is 32.2. The third-order valence-electron chi connectivity index (χ3n) is 3.38. The number of hydrogen-bond donors (Lipinski definition) is 3. The molecule has 0 bridgehead atoms. The normalized spacial score (nSPS) is 21.0. The van der Waals surface area contributed by atoms with E-state index in [1.807, 2.05) is 0 Å². The second-order valence-corrected chi connectivity index (χ2v) is 6.52. The molecule has 2 heterocycles. The lowest BCUT2D eigenvalue weighted by Crippen LogP contribution is -2.39. The predicted molar refractivity (Wildman–Crippen MR) is 69.0 cm³/mol. The average molecular weight is 303 g/mol. The average Bonchev–Trinajstić information content (AvgIpc) is 2.96. The molecule has 2 unspecified atom stereocenters. The third kappa shape index (κ3) is 2.84. The molecule has 112 valence electrons. The SMILES string of the molecule is Cc1[nH]nc(C(=O)O)c1S(=O)(=O)NC(C)C1CCOC1. The number of rotatable bonds is 5. The van der Waals surface area contributed by atoms with E-state index in [0.29, 0.717) is 13.2 Å². The Hall–Kier alpha value is -1.45. The summed E-state index contributed by atoms with van der Waals surface area (Å²) in [5.74, 6) is -1.29. The Balaban J connectivity index is 2.26. The zero-order valence-electron chi connectivity index (χ0n) is 11.2. The van der Waals surface area contributed by atoms with E-state index >= 15 is 0 Å². The van der Waals surface area contributed by atoms with E-state index in [-0.39, 0.29) is 22.5 Å². The van der Waals surface area contributed by atoms with E-state index in [2.05, 4.69) is 14.9 Å². The van der Waals surface area contributed by atoms with Gasteiger partial charge in [-0.15, -0.1) is 0 Å². The van der Waals surface area contributed by atoms with Gasteiger partial charge < -0.3 is 9.84 Å². The van der Waals surface area contributed by atoms with Crippen LogP contribution in [-0.2, 0) is 14.8 Å². The smallest absolute Gasteiger partial charge is 0.357 e. The van der Waals surface area contributed by atoms with E-state index in [1.165, 1.54) is 6.92 Å². The van der Waals surface area contributed by atoms with Gasteiger partial charge in [-0.3, -0.25) is 5.10 Å². The number of sulfonamides is 1. The molecule has 1 saturated heterocycles. The Morgan fingerprint density at radius 2 is 2.30 bits per heavy atom. The summed E-state index contributed by atoms with van der Waals surface area (Å²) in [5, 5.41) is 14.9. The number of aromatic carboxylic acids is 1. The molecule has 2 atom stereocenters. The monoisotopic (exact) mass is 303 g/mol. The Kier molecular flexibility index (Phi) is 4.11. The van der Waals surface area contributed by atoms with Crippen molar-refractivity contribution in [2.24, 2.45) is 5.92 Å². The summed E-state index contributed by atoms with van der Waals surface area (Å²) < 4.78 is 32.4. The van der Waals surface area contributed by atoms with E-state index in [4.69, 9.17) is 9.84 Å². The highest BCUT2D eigenvalue weighted by Gasteiger charge is 2.32. The molecule has 0 saturated carbocycles. The van der Waals surface area contributed by atoms with Gasteiger partial charge in [0.1, 0.15) is 4.90 Å². The van der Waals surface area contributed by atoms with Crippen molar-refractivity contribution in [3.05, 3.63) is 11.4 Å². The van der Waals surface area contributed by atoms with Crippen LogP contribution in [0.25, 0.3) is 0 Å². The van der Waals surface area contributed by atoms with Crippen LogP contribution in [0.3, 0.4) is 0 Å². The van der Waals surface area contributed by atoms with E-state index < -0.39 is 21.7 Å². The van der Waals surface area contributed by atoms with Crippen molar-refractivity contribution in [2.45, 2.75) is 31.2 Å². The molecule has 1 aliphatic heterocycles. The molecular formula is C11H17N3O5S. The van der Waals surface area contributed by atoms with Gasteiger partial charge >= 0.3 is 5.97 Å². The van der Waals surface area contributed by atoms with Crippen LogP contribution >= 0.6 is 0 Å². The van der Waals surface area contributed by atoms with Crippen LogP contribution in [-0.4, -0.2) is 48.9 Å². The molecule has 3 N–H and O–H groups in total. The fourth-order valence-corrected chi connectivity index (χ4v) is 3.88. The van der Waals surface area contributed by atoms with Crippen LogP contribution in [0, 0.1) is 12.8 Å². The summed E-state index contributed by atoms with van der Waals surface area (Å²) in [7, 11) is -3.94. The van der Waals surface area contributed by atoms with Crippen LogP contribution in [0.1, 0.15) is 29.5 Å². The second-order valence-electron chi connectivity index (χ2n) is 4.87. The third-order valence-corrected chi connectivity index (χ3v) is 5.09. The van der Waals surface area contributed by atoms with Crippen molar-refractivity contribution in [2.75, 3.05) is 13.2 Å². The van der Waals surface area contributed by atoms with Gasteiger partial charge in [-0.05, 0) is 20.3 Å². The van der Waals surface area contributed by atoms with Gasteiger partial charge in [0.15, 0.2) is 5.69 Å². The van der Waals surface area contributed by atoms with Crippen LogP contribution < -0.4 is 4.72 Å². The molecule has 1 aliphatic rings. The highest BCUT2D eigenvalue weighted by molar-refractivity contribution is 7.89. The van der Waals surface area contributed by atoms with Gasteiger partial charge in [-0.25, -0.2) is 17.9 Å². The van der Waals surface area contributed by atoms with E-state index in [0.717, 1.165) is 6.42 Å². The van der Waals surface area contributed by atoms with Gasteiger partial charge in [0.05, 0.1) is 12.3 Å². The van der Waals surface area contributed by atoms with Crippen LogP contribution in [0.5, 0.6) is 0 Å². The number of hydrogen-bond acceptors (Lipinski definition) is 5. The van der Waals surface area contributed by atoms with Crippen molar-refractivity contribution in [3.63, 3.8) is 0 Å². The lowest BCUT2D eigenvalue weighted by atomic mass is 10.0. The quantitative estimate of drug-likeness (QED) is 0.710. The lowest BCUT2D eigenvalue weighted by Gasteiger charge is -2.19. The maximum Gasteiger partial charge on any atom is 0.357 e. The minimum absolute atomic E-state index is 0.0882. The molecule has 20 heavy (non-hydrogen) atoms. The predicted octanol–water partition coefficient (Wildman–Crippen LogP) is 0.120. The molecule has 9 heteroatoms. The molecular weight excluding hydrogens is 286 g/mol. The number of nitrogens with one attached hydrogen (secondary N) is 2. The fraction of sp³-hybridized carbons (Fsp3) is 0.636. The topological polar surface area (TPSA) is 121 Å². The summed E-state index contributed by atoms with van der Waals surface area (Å²) in [6.07, 6.45) is 0.778. The first-order valence-electron chi connectivity index (χ1n) is 6.21. The van der Waals surface area contributed by atoms with Crippen LogP contribution in [0.4, 0.5) is 0 Å². The number of nitrogens with zero attached hydrogens (tertiary/aromatic N) is 1. The number of aromatic amines is 1. The molecule has 0 aliphatic carbocycles. The van der Waals surface area contributed by atoms with E-state index in [1.54, 1.807) is 6.92 Å². The van der Waals surface area contributed by atoms with Gasteiger partial charge in [0, 0.05) is 18.6 Å². The number of aromatic nitrogens is 2. The summed E-state index contributed by atoms with van der Waals surface area (Å²) in [6.45, 7) is 4.33. The summed E-state index contributed by atoms with van der Waals surface area (Å²) in [4.78, 5) is 10.7. The van der Waals surface area contributed by atoms with Crippen molar-refractivity contribution in [1.82, 2.24) is 14.9 Å². The maximum atomic E-state index is 12.3. The minimum Gasteiger partial charge on any atom is -0.476 e. The first kappa shape index (κ1) is 14.9. The minimum atomic E-state index is -3.94. The molecule has 8 nitrogen and oxygen atoms in total. The van der Waals surface area contributed by atoms with Gasteiger partial charge in [-0.1, -0.05) is 0 Å². The summed E-state index contributed by atoms with van der Waals surface area (Å²) in [5.41, 5.74) is -0.297. The van der Waals surface area contributed by atoms with Gasteiger partial charge in [0.2, 0.25) is 10.0 Å². The standard InChI is InChI=1S/C11H17N3O5S/c1-6(8-3-4-19-5-8)14-20(17,18)10-7(2)12-13-9(10)11(15)16/h6,8,14H,3-5H2,1-2H3,(H,12,13)(H,15,16). The Labute approximate surface area is 116 Å². The molecule has 1 fully saturated rings. The Morgan fingerprint density at radius 1 is 1.60 bits per heavy atom. The van der Waals surface area contributed by atoms with Crippen molar-refractivity contribution >= 4 is 16.0 Å². The first-order valence-corrected chi connectivity index (χ1v) is 7.69. The molecule has 1 aromatic rings. The zero-order chi connectivity index (χ0) is 14.9. The van der Waals surface area contributed by atoms with Crippen LogP contribution in [0.15, 0.2) is 4.90 Å². The highest BCUT2D eigenvalue weighted by Crippen LogP contribution is 2.21. The van der Waals surface area contributed by atoms with Crippen molar-refractivity contribution in [3.8, 4) is 0 Å². The number of carboxylic acid groups (broad SMARTS) is 1. The number of carboxylic acids is 1. The first-order chi connectivity index (χ1) is 9.33. The number of carbonyl (C=O) groups is 1. The molecule has 2 rings (SSSR count). The van der Waals surface area contributed by atoms with Gasteiger partial charge in [-0.2, -0.15) is 5.10 Å². The summed E-state index contributed by atoms with van der Waals surface area (Å²) in [6, 6.07) is -0.335. The van der Waals surface area contributed by atoms with Crippen molar-refractivity contribution < 1.29 is 23.1 Å². The van der Waals surface area contributed by atoms with E-state index in [9.17, 15) is 13.2 Å². The molecule has 0 aromatic carbocycles. The second kappa shape index (κ2) is 5.51. The number of H-pyrrole nitrogens is 1. The zero-order valence-corrected chi connectivity index (χ0v) is 12.0.